The van der Waals surface area contributed by atoms with Gasteiger partial charge in [-0.25, -0.2) is 0 Å². The number of hydrogen-bond donors (Lipinski definition) is 0. The lowest BCUT2D eigenvalue weighted by Crippen LogP contribution is -2.48. The summed E-state index contributed by atoms with van der Waals surface area (Å²) in [7, 11) is 1.97. The first kappa shape index (κ1) is 18.3. The number of nitrogens with zero attached hydrogens (tertiary/aromatic N) is 4. The van der Waals surface area contributed by atoms with Gasteiger partial charge in [-0.15, -0.1) is 0 Å². The fourth-order valence-corrected chi connectivity index (χ4v) is 3.93. The van der Waals surface area contributed by atoms with Crippen molar-refractivity contribution in [1.82, 2.24) is 14.4 Å². The first-order valence-electron chi connectivity index (χ1n) is 9.62. The van der Waals surface area contributed by atoms with E-state index < -0.39 is 0 Å². The van der Waals surface area contributed by atoms with Crippen LogP contribution in [0.4, 0.5) is 0 Å². The second kappa shape index (κ2) is 7.49. The SMILES string of the molecule is Cc1cccc2c1cc(C(=O)N1CCN(Cc3ccc(C#N)cc3)CC1)n2C. The summed E-state index contributed by atoms with van der Waals surface area (Å²) in [6, 6.07) is 18.1. The number of amides is 1. The van der Waals surface area contributed by atoms with Crippen molar-refractivity contribution in [3.8, 4) is 6.07 Å². The molecule has 1 saturated heterocycles. The van der Waals surface area contributed by atoms with Crippen LogP contribution in [0.1, 0.15) is 27.2 Å². The summed E-state index contributed by atoms with van der Waals surface area (Å²) in [6.45, 7) is 6.11. The molecule has 2 aromatic carbocycles. The number of hydrogen-bond acceptors (Lipinski definition) is 3. The quantitative estimate of drug-likeness (QED) is 0.709. The number of nitriles is 1. The van der Waals surface area contributed by atoms with Crippen LogP contribution >= 0.6 is 0 Å². The van der Waals surface area contributed by atoms with Crippen LogP contribution in [0.5, 0.6) is 0 Å². The molecule has 0 bridgehead atoms. The van der Waals surface area contributed by atoms with Gasteiger partial charge in [0.1, 0.15) is 5.69 Å². The van der Waals surface area contributed by atoms with E-state index in [1.807, 2.05) is 52.9 Å². The largest absolute Gasteiger partial charge is 0.340 e. The summed E-state index contributed by atoms with van der Waals surface area (Å²) in [5, 5.41) is 10.1. The Morgan fingerprint density at radius 3 is 2.43 bits per heavy atom. The Labute approximate surface area is 165 Å². The van der Waals surface area contributed by atoms with Gasteiger partial charge in [0, 0.05) is 50.7 Å². The van der Waals surface area contributed by atoms with E-state index in [2.05, 4.69) is 30.0 Å². The third-order valence-corrected chi connectivity index (χ3v) is 5.67. The Morgan fingerprint density at radius 1 is 1.07 bits per heavy atom. The Kier molecular flexibility index (Phi) is 4.89. The van der Waals surface area contributed by atoms with Crippen LogP contribution in [-0.2, 0) is 13.6 Å². The third kappa shape index (κ3) is 3.39. The van der Waals surface area contributed by atoms with E-state index in [1.54, 1.807) is 0 Å². The van der Waals surface area contributed by atoms with Gasteiger partial charge in [-0.05, 0) is 42.3 Å². The number of aromatic nitrogens is 1. The van der Waals surface area contributed by atoms with Gasteiger partial charge in [0.15, 0.2) is 0 Å². The number of fused-ring (bicyclic) bond motifs is 1. The minimum absolute atomic E-state index is 0.108. The monoisotopic (exact) mass is 372 g/mol. The lowest BCUT2D eigenvalue weighted by Gasteiger charge is -2.34. The number of piperazine rings is 1. The summed E-state index contributed by atoms with van der Waals surface area (Å²) in [5.41, 5.74) is 4.93. The van der Waals surface area contributed by atoms with Crippen LogP contribution in [0.2, 0.25) is 0 Å². The molecule has 1 aromatic heterocycles. The molecule has 0 atom stereocenters. The molecule has 1 amide bonds. The van der Waals surface area contributed by atoms with Gasteiger partial charge in [0.05, 0.1) is 11.6 Å². The normalized spacial score (nSPS) is 15.0. The van der Waals surface area contributed by atoms with Gasteiger partial charge < -0.3 is 9.47 Å². The van der Waals surface area contributed by atoms with E-state index >= 15 is 0 Å². The average molecular weight is 372 g/mol. The maximum Gasteiger partial charge on any atom is 0.270 e. The first-order chi connectivity index (χ1) is 13.6. The van der Waals surface area contributed by atoms with Crippen molar-refractivity contribution < 1.29 is 4.79 Å². The predicted molar refractivity (Wildman–Crippen MR) is 110 cm³/mol. The predicted octanol–water partition coefficient (Wildman–Crippen LogP) is 3.32. The van der Waals surface area contributed by atoms with Crippen molar-refractivity contribution in [2.45, 2.75) is 13.5 Å². The molecule has 4 rings (SSSR count). The number of benzene rings is 2. The van der Waals surface area contributed by atoms with E-state index in [-0.39, 0.29) is 5.91 Å². The van der Waals surface area contributed by atoms with E-state index in [0.717, 1.165) is 49.3 Å². The molecule has 2 heterocycles. The standard InChI is InChI=1S/C23H24N4O/c1-17-4-3-5-21-20(17)14-22(25(21)2)23(28)27-12-10-26(11-13-27)16-19-8-6-18(15-24)7-9-19/h3-9,14H,10-13,16H2,1-2H3. The Balaban J connectivity index is 1.42. The van der Waals surface area contributed by atoms with E-state index in [0.29, 0.717) is 5.56 Å². The molecule has 0 aliphatic carbocycles. The van der Waals surface area contributed by atoms with Crippen molar-refractivity contribution in [2.75, 3.05) is 26.2 Å². The summed E-state index contributed by atoms with van der Waals surface area (Å²) < 4.78 is 2.01. The maximum absolute atomic E-state index is 13.1. The molecule has 0 spiro atoms. The zero-order valence-corrected chi connectivity index (χ0v) is 16.4. The van der Waals surface area contributed by atoms with Crippen molar-refractivity contribution in [2.24, 2.45) is 7.05 Å². The van der Waals surface area contributed by atoms with Crippen LogP contribution < -0.4 is 0 Å². The third-order valence-electron chi connectivity index (χ3n) is 5.67. The maximum atomic E-state index is 13.1. The molecule has 0 radical (unpaired) electrons. The van der Waals surface area contributed by atoms with E-state index in [4.69, 9.17) is 5.26 Å². The van der Waals surface area contributed by atoms with Crippen LogP contribution in [0.15, 0.2) is 48.5 Å². The van der Waals surface area contributed by atoms with Crippen molar-refractivity contribution >= 4 is 16.8 Å². The average Bonchev–Trinajstić information content (AvgIpc) is 3.07. The topological polar surface area (TPSA) is 52.3 Å². The molecule has 28 heavy (non-hydrogen) atoms. The van der Waals surface area contributed by atoms with Crippen LogP contribution in [-0.4, -0.2) is 46.5 Å². The highest BCUT2D eigenvalue weighted by Crippen LogP contribution is 2.23. The van der Waals surface area contributed by atoms with Crippen LogP contribution in [0.25, 0.3) is 10.9 Å². The Bertz CT molecular complexity index is 1050. The van der Waals surface area contributed by atoms with Gasteiger partial charge in [0.25, 0.3) is 5.91 Å². The van der Waals surface area contributed by atoms with Gasteiger partial charge >= 0.3 is 0 Å². The number of aryl methyl sites for hydroxylation is 2. The first-order valence-corrected chi connectivity index (χ1v) is 9.62. The zero-order chi connectivity index (χ0) is 19.7. The zero-order valence-electron chi connectivity index (χ0n) is 16.4. The summed E-state index contributed by atoms with van der Waals surface area (Å²) in [4.78, 5) is 17.4. The fourth-order valence-electron chi connectivity index (χ4n) is 3.93. The van der Waals surface area contributed by atoms with Crippen LogP contribution in [0, 0.1) is 18.3 Å². The molecule has 0 unspecified atom stereocenters. The molecule has 5 nitrogen and oxygen atoms in total. The van der Waals surface area contributed by atoms with Gasteiger partial charge in [-0.1, -0.05) is 24.3 Å². The highest BCUT2D eigenvalue weighted by atomic mass is 16.2. The summed E-state index contributed by atoms with van der Waals surface area (Å²) in [5.74, 6) is 0.108. The molecule has 1 aliphatic heterocycles. The van der Waals surface area contributed by atoms with Crippen LogP contribution in [0.3, 0.4) is 0 Å². The fraction of sp³-hybridized carbons (Fsp3) is 0.304. The minimum Gasteiger partial charge on any atom is -0.340 e. The van der Waals surface area contributed by atoms with E-state index in [9.17, 15) is 4.79 Å². The van der Waals surface area contributed by atoms with E-state index in [1.165, 1.54) is 11.1 Å². The van der Waals surface area contributed by atoms with Gasteiger partial charge in [-0.2, -0.15) is 5.26 Å². The second-order valence-electron chi connectivity index (χ2n) is 7.47. The lowest BCUT2D eigenvalue weighted by molar-refractivity contribution is 0.0619. The molecule has 1 fully saturated rings. The molecule has 1 aliphatic rings. The molecule has 142 valence electrons. The summed E-state index contributed by atoms with van der Waals surface area (Å²) in [6.07, 6.45) is 0. The number of carbonyl (C=O) groups excluding carboxylic acids is 1. The molecular formula is C23H24N4O. The lowest BCUT2D eigenvalue weighted by atomic mass is 10.1. The van der Waals surface area contributed by atoms with Gasteiger partial charge in [-0.3, -0.25) is 9.69 Å². The van der Waals surface area contributed by atoms with Crippen molar-refractivity contribution in [1.29, 1.82) is 5.26 Å². The molecule has 0 N–H and O–H groups in total. The number of rotatable bonds is 3. The Morgan fingerprint density at radius 2 is 1.79 bits per heavy atom. The number of carbonyl (C=O) groups is 1. The molecule has 0 saturated carbocycles. The second-order valence-corrected chi connectivity index (χ2v) is 7.47. The van der Waals surface area contributed by atoms with Gasteiger partial charge in [0.2, 0.25) is 0 Å². The minimum atomic E-state index is 0.108. The highest BCUT2D eigenvalue weighted by Gasteiger charge is 2.24. The smallest absolute Gasteiger partial charge is 0.270 e. The van der Waals surface area contributed by atoms with Crippen molar-refractivity contribution in [3.05, 3.63) is 70.9 Å². The summed E-state index contributed by atoms with van der Waals surface area (Å²) >= 11 is 0. The van der Waals surface area contributed by atoms with Crippen molar-refractivity contribution in [3.63, 3.8) is 0 Å². The Hall–Kier alpha value is -3.10. The highest BCUT2D eigenvalue weighted by molar-refractivity contribution is 5.99. The molecule has 3 aromatic rings. The molecular weight excluding hydrogens is 348 g/mol. The molecule has 5 heteroatoms.